The SMILES string of the molecule is CS(=O)(=O)N1CCc2cc(-c3csc(Cc4ccccc4)n3)ccc21. The van der Waals surface area contributed by atoms with E-state index in [0.717, 1.165) is 40.4 Å². The number of anilines is 1. The van der Waals surface area contributed by atoms with Gasteiger partial charge in [0.1, 0.15) is 0 Å². The molecule has 4 nitrogen and oxygen atoms in total. The Morgan fingerprint density at radius 3 is 2.72 bits per heavy atom. The number of hydrogen-bond donors (Lipinski definition) is 0. The second-order valence-corrected chi connectivity index (χ2v) is 9.07. The van der Waals surface area contributed by atoms with E-state index in [2.05, 4.69) is 23.6 Å². The maximum atomic E-state index is 11.8. The highest BCUT2D eigenvalue weighted by Crippen LogP contribution is 2.34. The van der Waals surface area contributed by atoms with E-state index in [4.69, 9.17) is 4.98 Å². The molecule has 1 aromatic heterocycles. The minimum atomic E-state index is -3.20. The number of fused-ring (bicyclic) bond motifs is 1. The van der Waals surface area contributed by atoms with E-state index in [-0.39, 0.29) is 0 Å². The molecular formula is C19H18N2O2S2. The molecule has 6 heteroatoms. The van der Waals surface area contributed by atoms with Crippen molar-refractivity contribution in [1.29, 1.82) is 0 Å². The lowest BCUT2D eigenvalue weighted by atomic mass is 10.1. The second-order valence-electron chi connectivity index (χ2n) is 6.22. The van der Waals surface area contributed by atoms with Gasteiger partial charge in [0.25, 0.3) is 0 Å². The Kier molecular flexibility index (Phi) is 4.09. The van der Waals surface area contributed by atoms with Crippen molar-refractivity contribution in [2.24, 2.45) is 0 Å². The van der Waals surface area contributed by atoms with Crippen LogP contribution in [0.25, 0.3) is 11.3 Å². The van der Waals surface area contributed by atoms with Crippen molar-refractivity contribution in [3.63, 3.8) is 0 Å². The summed E-state index contributed by atoms with van der Waals surface area (Å²) in [5.41, 5.74) is 5.12. The highest BCUT2D eigenvalue weighted by Gasteiger charge is 2.26. The molecule has 2 heterocycles. The van der Waals surface area contributed by atoms with E-state index in [1.165, 1.54) is 16.1 Å². The molecule has 0 N–H and O–H groups in total. The van der Waals surface area contributed by atoms with Crippen LogP contribution in [0.2, 0.25) is 0 Å². The minimum absolute atomic E-state index is 0.522. The van der Waals surface area contributed by atoms with Crippen LogP contribution in [-0.2, 0) is 22.9 Å². The molecule has 0 bridgehead atoms. The van der Waals surface area contributed by atoms with Crippen LogP contribution in [0.15, 0.2) is 53.9 Å². The molecule has 0 fully saturated rings. The van der Waals surface area contributed by atoms with Crippen LogP contribution in [0.5, 0.6) is 0 Å². The number of thiazole rings is 1. The summed E-state index contributed by atoms with van der Waals surface area (Å²) in [6, 6.07) is 16.2. The van der Waals surface area contributed by atoms with E-state index in [9.17, 15) is 8.42 Å². The molecule has 4 rings (SSSR count). The zero-order valence-electron chi connectivity index (χ0n) is 13.8. The van der Waals surface area contributed by atoms with Crippen molar-refractivity contribution in [2.75, 3.05) is 17.1 Å². The predicted molar refractivity (Wildman–Crippen MR) is 103 cm³/mol. The maximum absolute atomic E-state index is 11.8. The third-order valence-electron chi connectivity index (χ3n) is 4.38. The molecule has 25 heavy (non-hydrogen) atoms. The number of aromatic nitrogens is 1. The first-order chi connectivity index (χ1) is 12.0. The quantitative estimate of drug-likeness (QED) is 0.703. The van der Waals surface area contributed by atoms with Crippen LogP contribution >= 0.6 is 11.3 Å². The predicted octanol–water partition coefficient (Wildman–Crippen LogP) is 3.72. The van der Waals surface area contributed by atoms with Crippen molar-refractivity contribution in [1.82, 2.24) is 4.98 Å². The zero-order valence-corrected chi connectivity index (χ0v) is 15.5. The Labute approximate surface area is 151 Å². The summed E-state index contributed by atoms with van der Waals surface area (Å²) in [6.45, 7) is 0.522. The summed E-state index contributed by atoms with van der Waals surface area (Å²) in [5, 5.41) is 3.16. The highest BCUT2D eigenvalue weighted by molar-refractivity contribution is 7.92. The first-order valence-electron chi connectivity index (χ1n) is 8.10. The molecule has 0 radical (unpaired) electrons. The van der Waals surface area contributed by atoms with Crippen LogP contribution in [-0.4, -0.2) is 26.2 Å². The second kappa shape index (κ2) is 6.28. The molecule has 0 spiro atoms. The van der Waals surface area contributed by atoms with Crippen molar-refractivity contribution in [3.05, 3.63) is 70.0 Å². The molecule has 0 saturated heterocycles. The molecule has 3 aromatic rings. The van der Waals surface area contributed by atoms with Crippen LogP contribution in [0.4, 0.5) is 5.69 Å². The van der Waals surface area contributed by atoms with Gasteiger partial charge in [-0.1, -0.05) is 36.4 Å². The van der Waals surface area contributed by atoms with Crippen molar-refractivity contribution in [2.45, 2.75) is 12.8 Å². The Morgan fingerprint density at radius 2 is 1.96 bits per heavy atom. The fraction of sp³-hybridized carbons (Fsp3) is 0.211. The fourth-order valence-electron chi connectivity index (χ4n) is 3.17. The van der Waals surface area contributed by atoms with Gasteiger partial charge in [0.05, 0.1) is 22.6 Å². The highest BCUT2D eigenvalue weighted by atomic mass is 32.2. The summed E-state index contributed by atoms with van der Waals surface area (Å²) < 4.78 is 25.2. The van der Waals surface area contributed by atoms with E-state index >= 15 is 0 Å². The van der Waals surface area contributed by atoms with Crippen molar-refractivity contribution in [3.8, 4) is 11.3 Å². The average molecular weight is 370 g/mol. The number of rotatable bonds is 4. The lowest BCUT2D eigenvalue weighted by Gasteiger charge is -2.16. The first kappa shape index (κ1) is 16.3. The normalized spacial score (nSPS) is 13.9. The molecule has 1 aliphatic heterocycles. The third-order valence-corrected chi connectivity index (χ3v) is 6.41. The summed E-state index contributed by atoms with van der Waals surface area (Å²) >= 11 is 1.66. The average Bonchev–Trinajstić information content (AvgIpc) is 3.21. The topological polar surface area (TPSA) is 50.3 Å². The van der Waals surface area contributed by atoms with Crippen molar-refractivity contribution >= 4 is 27.0 Å². The van der Waals surface area contributed by atoms with Gasteiger partial charge in [0.15, 0.2) is 0 Å². The van der Waals surface area contributed by atoms with Gasteiger partial charge in [0, 0.05) is 23.9 Å². The lowest BCUT2D eigenvalue weighted by Crippen LogP contribution is -2.27. The lowest BCUT2D eigenvalue weighted by molar-refractivity contribution is 0.598. The molecule has 0 amide bonds. The number of sulfonamides is 1. The largest absolute Gasteiger partial charge is 0.270 e. The van der Waals surface area contributed by atoms with Gasteiger partial charge in [-0.2, -0.15) is 0 Å². The molecule has 0 saturated carbocycles. The van der Waals surface area contributed by atoms with Crippen LogP contribution < -0.4 is 4.31 Å². The molecule has 2 aromatic carbocycles. The van der Waals surface area contributed by atoms with E-state index in [1.54, 1.807) is 11.3 Å². The van der Waals surface area contributed by atoms with E-state index < -0.39 is 10.0 Å². The van der Waals surface area contributed by atoms with Gasteiger partial charge in [-0.05, 0) is 29.7 Å². The molecule has 128 valence electrons. The zero-order chi connectivity index (χ0) is 17.4. The fourth-order valence-corrected chi connectivity index (χ4v) is 4.97. The summed E-state index contributed by atoms with van der Waals surface area (Å²) in [7, 11) is -3.20. The number of hydrogen-bond acceptors (Lipinski definition) is 4. The molecular weight excluding hydrogens is 352 g/mol. The van der Waals surface area contributed by atoms with Gasteiger partial charge in [-0.3, -0.25) is 4.31 Å². The summed E-state index contributed by atoms with van der Waals surface area (Å²) in [6.07, 6.45) is 2.84. The van der Waals surface area contributed by atoms with Gasteiger partial charge in [0.2, 0.25) is 10.0 Å². The van der Waals surface area contributed by atoms with Gasteiger partial charge in [-0.15, -0.1) is 11.3 Å². The number of benzene rings is 2. The Balaban J connectivity index is 1.60. The van der Waals surface area contributed by atoms with Crippen LogP contribution in [0.3, 0.4) is 0 Å². The first-order valence-corrected chi connectivity index (χ1v) is 10.8. The maximum Gasteiger partial charge on any atom is 0.232 e. The smallest absolute Gasteiger partial charge is 0.232 e. The molecule has 0 unspecified atom stereocenters. The minimum Gasteiger partial charge on any atom is -0.270 e. The Bertz CT molecular complexity index is 1010. The summed E-state index contributed by atoms with van der Waals surface area (Å²) in [5.74, 6) is 0. The Morgan fingerprint density at radius 1 is 1.16 bits per heavy atom. The monoisotopic (exact) mass is 370 g/mol. The van der Waals surface area contributed by atoms with Gasteiger partial charge >= 0.3 is 0 Å². The van der Waals surface area contributed by atoms with Crippen LogP contribution in [0.1, 0.15) is 16.1 Å². The standard InChI is InChI=1S/C19H18N2O2S2/c1-25(22,23)21-10-9-16-12-15(7-8-18(16)21)17-13-24-19(20-17)11-14-5-3-2-4-6-14/h2-8,12-13H,9-11H2,1H3. The van der Waals surface area contributed by atoms with Crippen LogP contribution in [0, 0.1) is 0 Å². The summed E-state index contributed by atoms with van der Waals surface area (Å²) in [4.78, 5) is 4.76. The van der Waals surface area contributed by atoms with E-state index in [1.807, 2.05) is 30.3 Å². The van der Waals surface area contributed by atoms with Gasteiger partial charge in [-0.25, -0.2) is 13.4 Å². The molecule has 0 aliphatic carbocycles. The van der Waals surface area contributed by atoms with E-state index in [0.29, 0.717) is 6.54 Å². The molecule has 0 atom stereocenters. The number of nitrogens with zero attached hydrogens (tertiary/aromatic N) is 2. The molecule has 1 aliphatic rings. The third kappa shape index (κ3) is 3.32. The Hall–Kier alpha value is -2.18. The van der Waals surface area contributed by atoms with Crippen molar-refractivity contribution < 1.29 is 8.42 Å². The van der Waals surface area contributed by atoms with Gasteiger partial charge < -0.3 is 0 Å².